The molecule has 7 nitrogen and oxygen atoms in total. The minimum absolute atomic E-state index is 0.0124. The molecule has 0 aliphatic heterocycles. The molecule has 0 saturated heterocycles. The van der Waals surface area contributed by atoms with Gasteiger partial charge in [0.25, 0.3) is 0 Å². The summed E-state index contributed by atoms with van der Waals surface area (Å²) in [7, 11) is 1.24. The van der Waals surface area contributed by atoms with Crippen molar-refractivity contribution in [1.82, 2.24) is 10.6 Å². The van der Waals surface area contributed by atoms with Gasteiger partial charge in [0, 0.05) is 12.5 Å². The van der Waals surface area contributed by atoms with E-state index < -0.39 is 24.0 Å². The lowest BCUT2D eigenvalue weighted by Gasteiger charge is -2.14. The minimum atomic E-state index is -1.16. The predicted molar refractivity (Wildman–Crippen MR) is 71.1 cm³/mol. The van der Waals surface area contributed by atoms with Crippen molar-refractivity contribution in [3.8, 4) is 0 Å². The number of ether oxygens (including phenoxy) is 1. The molecule has 2 unspecified atom stereocenters. The zero-order chi connectivity index (χ0) is 15.1. The molecule has 0 aromatic rings. The third-order valence-corrected chi connectivity index (χ3v) is 3.37. The summed E-state index contributed by atoms with van der Waals surface area (Å²) < 4.78 is 4.44. The van der Waals surface area contributed by atoms with Crippen LogP contribution >= 0.6 is 0 Å². The number of hydrogen-bond donors (Lipinski definition) is 3. The Morgan fingerprint density at radius 2 is 2.10 bits per heavy atom. The molecule has 3 N–H and O–H groups in total. The molecule has 2 amide bonds. The highest BCUT2D eigenvalue weighted by Crippen LogP contribution is 2.34. The van der Waals surface area contributed by atoms with Gasteiger partial charge in [0.15, 0.2) is 0 Å². The van der Waals surface area contributed by atoms with Gasteiger partial charge < -0.3 is 20.5 Å². The number of amides is 2. The van der Waals surface area contributed by atoms with Crippen LogP contribution in [0.15, 0.2) is 0 Å². The van der Waals surface area contributed by atoms with E-state index in [0.29, 0.717) is 5.92 Å². The van der Waals surface area contributed by atoms with Crippen molar-refractivity contribution >= 4 is 18.0 Å². The van der Waals surface area contributed by atoms with E-state index in [0.717, 1.165) is 19.3 Å². The summed E-state index contributed by atoms with van der Waals surface area (Å²) in [6.45, 7) is 2.09. The lowest BCUT2D eigenvalue weighted by molar-refractivity contribution is -0.142. The third-order valence-electron chi connectivity index (χ3n) is 3.37. The van der Waals surface area contributed by atoms with Gasteiger partial charge in [-0.25, -0.2) is 9.59 Å². The molecule has 1 aliphatic rings. The second-order valence-corrected chi connectivity index (χ2v) is 5.01. The zero-order valence-corrected chi connectivity index (χ0v) is 11.8. The van der Waals surface area contributed by atoms with Crippen LogP contribution in [0.3, 0.4) is 0 Å². The van der Waals surface area contributed by atoms with Crippen LogP contribution in [0.5, 0.6) is 0 Å². The highest BCUT2D eigenvalue weighted by molar-refractivity contribution is 5.83. The van der Waals surface area contributed by atoms with Gasteiger partial charge in [-0.1, -0.05) is 13.3 Å². The number of aliphatic carboxylic acids is 1. The predicted octanol–water partition coefficient (Wildman–Crippen LogP) is 0.881. The summed E-state index contributed by atoms with van der Waals surface area (Å²) in [5, 5.41) is 14.1. The Bertz CT molecular complexity index is 372. The second kappa shape index (κ2) is 7.72. The maximum atomic E-state index is 11.7. The molecule has 0 aromatic carbocycles. The van der Waals surface area contributed by atoms with Crippen LogP contribution in [0.25, 0.3) is 0 Å². The largest absolute Gasteiger partial charge is 0.480 e. The van der Waals surface area contributed by atoms with Crippen LogP contribution in [0.2, 0.25) is 0 Å². The molecule has 0 radical (unpaired) electrons. The van der Waals surface area contributed by atoms with Gasteiger partial charge in [0.05, 0.1) is 7.11 Å². The fourth-order valence-electron chi connectivity index (χ4n) is 2.10. The molecule has 1 aliphatic carbocycles. The van der Waals surface area contributed by atoms with E-state index >= 15 is 0 Å². The monoisotopic (exact) mass is 286 g/mol. The SMILES string of the molecule is CCCC1CC1NC(=O)N[C@H](CCC(=O)OC)C(=O)O. The van der Waals surface area contributed by atoms with Gasteiger partial charge in [-0.15, -0.1) is 0 Å². The minimum Gasteiger partial charge on any atom is -0.480 e. The standard InChI is InChI=1S/C13H22N2O5/c1-3-4-8-7-10(8)15-13(19)14-9(12(17)18)5-6-11(16)20-2/h8-10H,3-7H2,1-2H3,(H,17,18)(H2,14,15,19)/t8?,9-,10?/m1/s1. The molecule has 0 aromatic heterocycles. The van der Waals surface area contributed by atoms with Crippen LogP contribution in [0.1, 0.15) is 39.0 Å². The van der Waals surface area contributed by atoms with E-state index in [1.165, 1.54) is 7.11 Å². The van der Waals surface area contributed by atoms with Crippen molar-refractivity contribution in [2.45, 2.75) is 51.1 Å². The number of methoxy groups -OCH3 is 1. The Kier molecular flexibility index (Phi) is 6.27. The normalized spacial score (nSPS) is 21.7. The number of rotatable bonds is 8. The van der Waals surface area contributed by atoms with Crippen molar-refractivity contribution < 1.29 is 24.2 Å². The first-order valence-corrected chi connectivity index (χ1v) is 6.84. The van der Waals surface area contributed by atoms with Gasteiger partial charge >= 0.3 is 18.0 Å². The summed E-state index contributed by atoms with van der Waals surface area (Å²) in [5.41, 5.74) is 0. The molecule has 0 spiro atoms. The fourth-order valence-corrected chi connectivity index (χ4v) is 2.10. The maximum absolute atomic E-state index is 11.7. The van der Waals surface area contributed by atoms with Crippen LogP contribution in [-0.4, -0.2) is 42.3 Å². The molecule has 1 rings (SSSR count). The average molecular weight is 286 g/mol. The van der Waals surface area contributed by atoms with Gasteiger partial charge in [-0.3, -0.25) is 4.79 Å². The maximum Gasteiger partial charge on any atom is 0.326 e. The van der Waals surface area contributed by atoms with Gasteiger partial charge in [-0.2, -0.15) is 0 Å². The van der Waals surface area contributed by atoms with E-state index in [4.69, 9.17) is 5.11 Å². The van der Waals surface area contributed by atoms with Crippen LogP contribution in [-0.2, 0) is 14.3 Å². The lowest BCUT2D eigenvalue weighted by Crippen LogP contribution is -2.47. The van der Waals surface area contributed by atoms with E-state index in [-0.39, 0.29) is 18.9 Å². The van der Waals surface area contributed by atoms with Gasteiger partial charge in [-0.05, 0) is 25.2 Å². The molecular formula is C13H22N2O5. The highest BCUT2D eigenvalue weighted by atomic mass is 16.5. The van der Waals surface area contributed by atoms with E-state index in [1.807, 2.05) is 0 Å². The first-order valence-electron chi connectivity index (χ1n) is 6.84. The van der Waals surface area contributed by atoms with Crippen LogP contribution in [0, 0.1) is 5.92 Å². The van der Waals surface area contributed by atoms with Gasteiger partial charge in [0.2, 0.25) is 0 Å². The molecule has 0 heterocycles. The summed E-state index contributed by atoms with van der Waals surface area (Å²) in [6, 6.07) is -1.44. The van der Waals surface area contributed by atoms with Crippen LogP contribution in [0.4, 0.5) is 4.79 Å². The zero-order valence-electron chi connectivity index (χ0n) is 11.8. The summed E-state index contributed by atoms with van der Waals surface area (Å²) in [5.74, 6) is -1.15. The number of hydrogen-bond acceptors (Lipinski definition) is 4. The molecule has 114 valence electrons. The van der Waals surface area contributed by atoms with Gasteiger partial charge in [0.1, 0.15) is 6.04 Å². The molecule has 7 heteroatoms. The molecule has 3 atom stereocenters. The first kappa shape index (κ1) is 16.3. The van der Waals surface area contributed by atoms with Crippen molar-refractivity contribution in [1.29, 1.82) is 0 Å². The Hall–Kier alpha value is -1.79. The number of esters is 1. The van der Waals surface area contributed by atoms with E-state index in [2.05, 4.69) is 22.3 Å². The Labute approximate surface area is 118 Å². The summed E-state index contributed by atoms with van der Waals surface area (Å²) in [6.07, 6.45) is 3.05. The summed E-state index contributed by atoms with van der Waals surface area (Å²) >= 11 is 0. The molecule has 20 heavy (non-hydrogen) atoms. The Morgan fingerprint density at radius 1 is 1.40 bits per heavy atom. The molecular weight excluding hydrogens is 264 g/mol. The van der Waals surface area contributed by atoms with Crippen LogP contribution < -0.4 is 10.6 Å². The van der Waals surface area contributed by atoms with Crippen molar-refractivity contribution in [2.75, 3.05) is 7.11 Å². The molecule has 1 saturated carbocycles. The molecule has 1 fully saturated rings. The second-order valence-electron chi connectivity index (χ2n) is 5.01. The number of nitrogens with one attached hydrogen (secondary N) is 2. The number of carboxylic acids is 1. The number of carbonyl (C=O) groups excluding carboxylic acids is 2. The topological polar surface area (TPSA) is 105 Å². The average Bonchev–Trinajstić information content (AvgIpc) is 3.11. The van der Waals surface area contributed by atoms with Crippen molar-refractivity contribution in [3.05, 3.63) is 0 Å². The van der Waals surface area contributed by atoms with Crippen molar-refractivity contribution in [2.24, 2.45) is 5.92 Å². The highest BCUT2D eigenvalue weighted by Gasteiger charge is 2.37. The lowest BCUT2D eigenvalue weighted by atomic mass is 10.1. The first-order chi connectivity index (χ1) is 9.47. The number of urea groups is 1. The Morgan fingerprint density at radius 3 is 2.65 bits per heavy atom. The summed E-state index contributed by atoms with van der Waals surface area (Å²) in [4.78, 5) is 33.7. The van der Waals surface area contributed by atoms with E-state index in [1.54, 1.807) is 0 Å². The number of carboxylic acid groups (broad SMARTS) is 1. The molecule has 0 bridgehead atoms. The van der Waals surface area contributed by atoms with E-state index in [9.17, 15) is 14.4 Å². The number of carbonyl (C=O) groups is 3. The Balaban J connectivity index is 2.32. The third kappa shape index (κ3) is 5.46. The quantitative estimate of drug-likeness (QED) is 0.574. The fraction of sp³-hybridized carbons (Fsp3) is 0.769. The van der Waals surface area contributed by atoms with Crippen molar-refractivity contribution in [3.63, 3.8) is 0 Å². The smallest absolute Gasteiger partial charge is 0.326 e.